The predicted molar refractivity (Wildman–Crippen MR) is 180 cm³/mol. The Morgan fingerprint density at radius 1 is 0.920 bits per heavy atom. The van der Waals surface area contributed by atoms with Gasteiger partial charge >= 0.3 is 23.9 Å². The van der Waals surface area contributed by atoms with Gasteiger partial charge in [0.15, 0.2) is 23.9 Å². The molecule has 1 aromatic heterocycles. The lowest BCUT2D eigenvalue weighted by Crippen LogP contribution is -2.67. The van der Waals surface area contributed by atoms with Crippen LogP contribution in [0.5, 0.6) is 0 Å². The van der Waals surface area contributed by atoms with Crippen LogP contribution in [0, 0.1) is 57.2 Å². The van der Waals surface area contributed by atoms with Crippen LogP contribution in [0.4, 0.5) is 4.79 Å². The highest BCUT2D eigenvalue weighted by atomic mass is 16.7. The lowest BCUT2D eigenvalue weighted by Gasteiger charge is -2.70. The van der Waals surface area contributed by atoms with E-state index < -0.39 is 63.1 Å². The minimum Gasteiger partial charge on any atom is -0.481 e. The number of aryl methyl sites for hydroxylation is 1. The average molecular weight is 699 g/mol. The van der Waals surface area contributed by atoms with Gasteiger partial charge in [-0.05, 0) is 120 Å². The molecule has 6 rings (SSSR count). The first kappa shape index (κ1) is 36.4. The number of ether oxygens (including phenoxy) is 3. The maximum absolute atomic E-state index is 14.9. The standard InChI is InChI=1S/C39H54O11/c1-21(2)47-32(44)50-29-27-23-19-24(40)28-35(5)12-10-13-36(6,31(43)46-20-25-22(3)48-33(45)49-25)26(35)11-14-39(28,9)38(23,8)18-16-34(27,4)15-17-37(29,7)30(41)42/h19,21,26-29H,10-18,20H2,1-9H3,(H,41,42). The fourth-order valence-corrected chi connectivity index (χ4v) is 11.8. The summed E-state index contributed by atoms with van der Waals surface area (Å²) in [6, 6.07) is 0. The summed E-state index contributed by atoms with van der Waals surface area (Å²) in [6.45, 7) is 17.2. The summed E-state index contributed by atoms with van der Waals surface area (Å²) < 4.78 is 27.3. The van der Waals surface area contributed by atoms with Gasteiger partial charge in [-0.1, -0.05) is 39.7 Å². The van der Waals surface area contributed by atoms with Gasteiger partial charge in [-0.15, -0.1) is 0 Å². The van der Waals surface area contributed by atoms with Crippen molar-refractivity contribution < 1.29 is 47.3 Å². The van der Waals surface area contributed by atoms with E-state index in [-0.39, 0.29) is 47.1 Å². The van der Waals surface area contributed by atoms with Gasteiger partial charge in [-0.2, -0.15) is 0 Å². The number of carboxylic acids is 1. The van der Waals surface area contributed by atoms with E-state index in [0.717, 1.165) is 31.3 Å². The summed E-state index contributed by atoms with van der Waals surface area (Å²) >= 11 is 0. The van der Waals surface area contributed by atoms with Crippen molar-refractivity contribution in [3.8, 4) is 0 Å². The number of carbonyl (C=O) groups excluding carboxylic acids is 3. The van der Waals surface area contributed by atoms with E-state index in [9.17, 15) is 29.1 Å². The first-order chi connectivity index (χ1) is 23.2. The van der Waals surface area contributed by atoms with Gasteiger partial charge in [0.25, 0.3) is 0 Å². The maximum Gasteiger partial charge on any atom is 0.519 e. The van der Waals surface area contributed by atoms with E-state index in [1.807, 2.05) is 6.92 Å². The molecule has 1 aromatic rings. The predicted octanol–water partition coefficient (Wildman–Crippen LogP) is 7.56. The van der Waals surface area contributed by atoms with Gasteiger partial charge < -0.3 is 28.2 Å². The van der Waals surface area contributed by atoms with Crippen molar-refractivity contribution in [3.63, 3.8) is 0 Å². The van der Waals surface area contributed by atoms with Crippen LogP contribution in [0.1, 0.15) is 125 Å². The second kappa shape index (κ2) is 11.8. The molecule has 50 heavy (non-hydrogen) atoms. The first-order valence-electron chi connectivity index (χ1n) is 18.3. The third kappa shape index (κ3) is 5.13. The molecule has 10 atom stereocenters. The highest BCUT2D eigenvalue weighted by Gasteiger charge is 2.72. The Hall–Kier alpha value is -3.37. The zero-order chi connectivity index (χ0) is 36.8. The van der Waals surface area contributed by atoms with Crippen LogP contribution in [-0.2, 0) is 35.2 Å². The molecule has 4 saturated carbocycles. The van der Waals surface area contributed by atoms with Crippen molar-refractivity contribution >= 4 is 23.9 Å². The topological polar surface area (TPSA) is 160 Å². The van der Waals surface area contributed by atoms with Gasteiger partial charge in [0, 0.05) is 11.8 Å². The number of hydrogen-bond acceptors (Lipinski definition) is 10. The van der Waals surface area contributed by atoms with E-state index in [1.165, 1.54) is 0 Å². The van der Waals surface area contributed by atoms with E-state index in [0.29, 0.717) is 32.1 Å². The zero-order valence-electron chi connectivity index (χ0n) is 31.1. The molecule has 1 heterocycles. The van der Waals surface area contributed by atoms with Crippen molar-refractivity contribution in [1.82, 2.24) is 0 Å². The molecule has 5 aliphatic rings. The molecule has 0 aromatic carbocycles. The molecule has 5 aliphatic carbocycles. The number of allylic oxidation sites excluding steroid dienone is 1. The lowest BCUT2D eigenvalue weighted by atomic mass is 9.33. The number of ketones is 1. The zero-order valence-corrected chi connectivity index (χ0v) is 31.1. The van der Waals surface area contributed by atoms with Crippen molar-refractivity contribution in [2.24, 2.45) is 50.2 Å². The number of carboxylic acid groups (broad SMARTS) is 1. The fraction of sp³-hybridized carbons (Fsp3) is 0.769. The van der Waals surface area contributed by atoms with Crippen LogP contribution in [0.2, 0.25) is 0 Å². The van der Waals surface area contributed by atoms with E-state index in [4.69, 9.17) is 23.0 Å². The van der Waals surface area contributed by atoms with Gasteiger partial charge in [0.1, 0.15) is 11.5 Å². The second-order valence-electron chi connectivity index (χ2n) is 17.9. The monoisotopic (exact) mass is 698 g/mol. The molecule has 276 valence electrons. The normalized spacial score (nSPS) is 42.3. The summed E-state index contributed by atoms with van der Waals surface area (Å²) in [7, 11) is 0. The van der Waals surface area contributed by atoms with E-state index in [1.54, 1.807) is 33.8 Å². The van der Waals surface area contributed by atoms with Crippen molar-refractivity contribution in [1.29, 1.82) is 0 Å². The number of carbonyl (C=O) groups is 4. The molecule has 11 nitrogen and oxygen atoms in total. The Morgan fingerprint density at radius 2 is 1.60 bits per heavy atom. The van der Waals surface area contributed by atoms with Gasteiger partial charge in [-0.3, -0.25) is 14.4 Å². The minimum absolute atomic E-state index is 0.00375. The maximum atomic E-state index is 14.9. The summed E-state index contributed by atoms with van der Waals surface area (Å²) in [4.78, 5) is 66.4. The van der Waals surface area contributed by atoms with Crippen LogP contribution >= 0.6 is 0 Å². The Balaban J connectivity index is 1.39. The summed E-state index contributed by atoms with van der Waals surface area (Å²) in [5, 5.41) is 10.6. The Kier molecular flexibility index (Phi) is 8.62. The van der Waals surface area contributed by atoms with Gasteiger partial charge in [-0.25, -0.2) is 9.59 Å². The molecular formula is C39H54O11. The van der Waals surface area contributed by atoms with Crippen molar-refractivity contribution in [2.75, 3.05) is 0 Å². The number of aliphatic carboxylic acids is 1. The number of hydrogen-bond donors (Lipinski definition) is 1. The summed E-state index contributed by atoms with van der Waals surface area (Å²) in [5.74, 6) is -2.80. The van der Waals surface area contributed by atoms with Gasteiger partial charge in [0.2, 0.25) is 0 Å². The highest BCUT2D eigenvalue weighted by molar-refractivity contribution is 5.96. The largest absolute Gasteiger partial charge is 0.519 e. The van der Waals surface area contributed by atoms with E-state index >= 15 is 0 Å². The van der Waals surface area contributed by atoms with Gasteiger partial charge in [0.05, 0.1) is 11.5 Å². The van der Waals surface area contributed by atoms with Crippen molar-refractivity contribution in [2.45, 2.75) is 139 Å². The Bertz CT molecular complexity index is 1680. The molecule has 0 aliphatic heterocycles. The molecule has 1 N–H and O–H groups in total. The third-order valence-electron chi connectivity index (χ3n) is 14.8. The summed E-state index contributed by atoms with van der Waals surface area (Å²) in [6.07, 6.45) is 5.56. The molecule has 0 spiro atoms. The molecule has 0 saturated heterocycles. The second-order valence-corrected chi connectivity index (χ2v) is 17.9. The molecule has 4 fully saturated rings. The van der Waals surface area contributed by atoms with Crippen LogP contribution < -0.4 is 5.82 Å². The smallest absolute Gasteiger partial charge is 0.481 e. The minimum atomic E-state index is -1.37. The first-order valence-corrected chi connectivity index (χ1v) is 18.3. The highest BCUT2D eigenvalue weighted by Crippen LogP contribution is 2.75. The molecule has 0 bridgehead atoms. The molecular weight excluding hydrogens is 644 g/mol. The third-order valence-corrected chi connectivity index (χ3v) is 14.8. The molecule has 11 heteroatoms. The average Bonchev–Trinajstić information content (AvgIpc) is 3.34. The molecule has 0 amide bonds. The molecule has 0 radical (unpaired) electrons. The fourth-order valence-electron chi connectivity index (χ4n) is 11.8. The lowest BCUT2D eigenvalue weighted by molar-refractivity contribution is -0.206. The number of esters is 1. The van der Waals surface area contributed by atoms with Crippen LogP contribution in [0.3, 0.4) is 0 Å². The van der Waals surface area contributed by atoms with Crippen LogP contribution in [0.15, 0.2) is 25.3 Å². The van der Waals surface area contributed by atoms with Crippen molar-refractivity contribution in [3.05, 3.63) is 33.8 Å². The summed E-state index contributed by atoms with van der Waals surface area (Å²) in [5.41, 5.74) is -3.22. The number of rotatable bonds is 6. The Morgan fingerprint density at radius 3 is 2.22 bits per heavy atom. The van der Waals surface area contributed by atoms with E-state index in [2.05, 4.69) is 27.7 Å². The van der Waals surface area contributed by atoms with Crippen LogP contribution in [0.25, 0.3) is 0 Å². The Labute approximate surface area is 293 Å². The molecule has 10 unspecified atom stereocenters. The SMILES string of the molecule is Cc1oc(=O)oc1COC(=O)C1(C)CCCC2(C)C1CCC1(C)C2C(=O)C=C2C3C(OC(=O)OC(C)C)C(C)(C(=O)O)CCC3(C)CCC21C. The number of fused-ring (bicyclic) bond motifs is 7. The van der Waals surface area contributed by atoms with Crippen LogP contribution in [-0.4, -0.2) is 41.2 Å². The quantitative estimate of drug-likeness (QED) is 0.292.